The van der Waals surface area contributed by atoms with Gasteiger partial charge in [0.25, 0.3) is 5.91 Å². The minimum atomic E-state index is -3.18. The molecule has 1 aliphatic carbocycles. The van der Waals surface area contributed by atoms with Crippen LogP contribution < -0.4 is 0 Å². The van der Waals surface area contributed by atoms with E-state index in [0.29, 0.717) is 31.7 Å². The van der Waals surface area contributed by atoms with Crippen LogP contribution >= 0.6 is 0 Å². The maximum Gasteiger partial charge on any atom is 0.303 e. The largest absolute Gasteiger partial charge is 0.481 e. The van der Waals surface area contributed by atoms with Crippen LogP contribution in [0.1, 0.15) is 105 Å². The fourth-order valence-electron chi connectivity index (χ4n) is 8.28. The Morgan fingerprint density at radius 1 is 0.925 bits per heavy atom. The Morgan fingerprint density at radius 3 is 2.06 bits per heavy atom. The highest BCUT2D eigenvalue weighted by atomic mass is 32.2. The number of piperazine rings is 1. The zero-order valence-corrected chi connectivity index (χ0v) is 32.2. The lowest BCUT2D eigenvalue weighted by atomic mass is 9.82. The second-order valence-electron chi connectivity index (χ2n) is 15.4. The van der Waals surface area contributed by atoms with Crippen molar-refractivity contribution >= 4 is 27.9 Å². The summed E-state index contributed by atoms with van der Waals surface area (Å²) in [4.78, 5) is 48.6. The first-order valence-corrected chi connectivity index (χ1v) is 20.4. The highest BCUT2D eigenvalue weighted by Gasteiger charge is 2.45. The molecule has 2 N–H and O–H groups in total. The van der Waals surface area contributed by atoms with E-state index in [-0.39, 0.29) is 59.8 Å². The van der Waals surface area contributed by atoms with Gasteiger partial charge in [0.05, 0.1) is 22.2 Å². The molecule has 1 aromatic heterocycles. The van der Waals surface area contributed by atoms with Crippen LogP contribution in [0.25, 0.3) is 0 Å². The average Bonchev–Trinajstić information content (AvgIpc) is 3.97. The molecule has 13 nitrogen and oxygen atoms in total. The van der Waals surface area contributed by atoms with Crippen LogP contribution in [0.15, 0.2) is 30.6 Å². The number of benzene rings is 1. The lowest BCUT2D eigenvalue weighted by Gasteiger charge is -2.54. The number of hydrogen-bond donors (Lipinski definition) is 2. The number of hydrogen-bond acceptors (Lipinski definition) is 9. The number of aromatic nitrogens is 2. The zero-order valence-electron chi connectivity index (χ0n) is 31.4. The van der Waals surface area contributed by atoms with E-state index < -0.39 is 22.0 Å². The van der Waals surface area contributed by atoms with Gasteiger partial charge in [-0.1, -0.05) is 12.1 Å². The molecular formula is C38H55FN6O7S. The van der Waals surface area contributed by atoms with E-state index >= 15 is 0 Å². The van der Waals surface area contributed by atoms with Crippen molar-refractivity contribution in [1.82, 2.24) is 29.0 Å². The summed E-state index contributed by atoms with van der Waals surface area (Å²) in [6.45, 7) is 13.5. The number of nitrogens with zero attached hydrogens (tertiary/aromatic N) is 6. The third-order valence-corrected chi connectivity index (χ3v) is 14.0. The number of halogens is 1. The second-order valence-corrected chi connectivity index (χ2v) is 17.6. The molecule has 15 heteroatoms. The van der Waals surface area contributed by atoms with Crippen molar-refractivity contribution in [3.8, 4) is 0 Å². The average molecular weight is 759 g/mol. The van der Waals surface area contributed by atoms with Crippen LogP contribution in [0, 0.1) is 25.6 Å². The van der Waals surface area contributed by atoms with Crippen molar-refractivity contribution in [3.63, 3.8) is 0 Å². The Kier molecular flexibility index (Phi) is 13.3. The quantitative estimate of drug-likeness (QED) is 0.332. The molecule has 6 rings (SSSR count). The monoisotopic (exact) mass is 758 g/mol. The van der Waals surface area contributed by atoms with Crippen molar-refractivity contribution in [2.45, 2.75) is 108 Å². The predicted molar refractivity (Wildman–Crippen MR) is 197 cm³/mol. The van der Waals surface area contributed by atoms with Gasteiger partial charge in [-0.05, 0) is 96.3 Å². The molecule has 4 fully saturated rings. The molecule has 1 amide bonds. The maximum atomic E-state index is 14.5. The third-order valence-electron chi connectivity index (χ3n) is 11.6. The summed E-state index contributed by atoms with van der Waals surface area (Å²) < 4.78 is 42.0. The first-order chi connectivity index (χ1) is 25.1. The smallest absolute Gasteiger partial charge is 0.303 e. The molecule has 292 valence electrons. The van der Waals surface area contributed by atoms with Gasteiger partial charge >= 0.3 is 11.9 Å². The first kappa shape index (κ1) is 40.7. The van der Waals surface area contributed by atoms with Gasteiger partial charge in [-0.3, -0.25) is 24.2 Å². The molecule has 4 aliphatic rings. The normalized spacial score (nSPS) is 22.4. The Balaban J connectivity index is 0.000000534. The van der Waals surface area contributed by atoms with Crippen LogP contribution in [-0.2, 0) is 19.6 Å². The van der Waals surface area contributed by atoms with Crippen molar-refractivity contribution in [2.75, 3.05) is 45.8 Å². The number of aryl methyl sites for hydroxylation is 2. The van der Waals surface area contributed by atoms with Crippen molar-refractivity contribution in [2.24, 2.45) is 5.92 Å². The topological polar surface area (TPSA) is 165 Å². The Morgan fingerprint density at radius 2 is 1.53 bits per heavy atom. The summed E-state index contributed by atoms with van der Waals surface area (Å²) in [5.74, 6) is -1.84. The number of rotatable bonds is 11. The zero-order chi connectivity index (χ0) is 38.5. The van der Waals surface area contributed by atoms with Gasteiger partial charge in [0.2, 0.25) is 10.0 Å². The Hall–Kier alpha value is -3.53. The van der Waals surface area contributed by atoms with E-state index in [1.807, 2.05) is 24.8 Å². The van der Waals surface area contributed by atoms with Crippen LogP contribution in [0.3, 0.4) is 0 Å². The lowest BCUT2D eigenvalue weighted by Crippen LogP contribution is -2.63. The molecule has 4 heterocycles. The van der Waals surface area contributed by atoms with Crippen molar-refractivity contribution < 1.29 is 37.4 Å². The van der Waals surface area contributed by atoms with Crippen LogP contribution in [0.4, 0.5) is 4.39 Å². The van der Waals surface area contributed by atoms with Gasteiger partial charge in [0.1, 0.15) is 12.1 Å². The maximum absolute atomic E-state index is 14.5. The number of carboxylic acids is 2. The van der Waals surface area contributed by atoms with Gasteiger partial charge in [-0.25, -0.2) is 27.1 Å². The molecule has 53 heavy (non-hydrogen) atoms. The molecule has 3 aliphatic heterocycles. The molecule has 3 saturated heterocycles. The third kappa shape index (κ3) is 9.97. The molecular weight excluding hydrogens is 704 g/mol. The van der Waals surface area contributed by atoms with E-state index in [1.165, 1.54) is 12.4 Å². The van der Waals surface area contributed by atoms with Crippen LogP contribution in [0.5, 0.6) is 0 Å². The van der Waals surface area contributed by atoms with Crippen molar-refractivity contribution in [1.29, 1.82) is 0 Å². The molecule has 2 aromatic rings. The van der Waals surface area contributed by atoms with Gasteiger partial charge in [0, 0.05) is 76.3 Å². The molecule has 1 aromatic carbocycles. The number of piperidine rings is 2. The van der Waals surface area contributed by atoms with E-state index in [2.05, 4.69) is 33.6 Å². The SMILES string of the molecule is Cc1ncnc(C)c1C(=O)N1CCC(C)(N2CCN([C@H](c3cccc(F)c3)C3CCN(S(=O)(=O)C4CC4)CC3)[C@H](C)C2)CC1.O=C(O)CCCC(=O)O. The molecule has 0 unspecified atom stereocenters. The fourth-order valence-corrected chi connectivity index (χ4v) is 10.2. The summed E-state index contributed by atoms with van der Waals surface area (Å²) in [6, 6.07) is 7.29. The van der Waals surface area contributed by atoms with E-state index in [4.69, 9.17) is 10.2 Å². The number of carbonyl (C=O) groups is 3. The first-order valence-electron chi connectivity index (χ1n) is 18.9. The minimum Gasteiger partial charge on any atom is -0.481 e. The van der Waals surface area contributed by atoms with Crippen molar-refractivity contribution in [3.05, 3.63) is 58.9 Å². The van der Waals surface area contributed by atoms with E-state index in [9.17, 15) is 27.2 Å². The Labute approximate surface area is 312 Å². The highest BCUT2D eigenvalue weighted by Crippen LogP contribution is 2.41. The molecule has 0 bridgehead atoms. The van der Waals surface area contributed by atoms with Gasteiger partial charge in [0.15, 0.2) is 0 Å². The number of carbonyl (C=O) groups excluding carboxylic acids is 1. The number of carboxylic acid groups (broad SMARTS) is 2. The van der Waals surface area contributed by atoms with Gasteiger partial charge in [-0.15, -0.1) is 0 Å². The molecule has 1 saturated carbocycles. The summed E-state index contributed by atoms with van der Waals surface area (Å²) in [5.41, 5.74) is 3.05. The molecule has 0 radical (unpaired) electrons. The summed E-state index contributed by atoms with van der Waals surface area (Å²) in [7, 11) is -3.18. The van der Waals surface area contributed by atoms with Crippen LogP contribution in [-0.4, -0.2) is 128 Å². The fraction of sp³-hybridized carbons (Fsp3) is 0.658. The van der Waals surface area contributed by atoms with E-state index in [0.717, 1.165) is 75.1 Å². The number of sulfonamides is 1. The van der Waals surface area contributed by atoms with E-state index in [1.54, 1.807) is 16.4 Å². The summed E-state index contributed by atoms with van der Waals surface area (Å²) in [6.07, 6.45) is 6.53. The summed E-state index contributed by atoms with van der Waals surface area (Å²) >= 11 is 0. The molecule has 2 atom stereocenters. The van der Waals surface area contributed by atoms with Gasteiger partial charge < -0.3 is 15.1 Å². The second kappa shape index (κ2) is 17.3. The molecule has 0 spiro atoms. The predicted octanol–water partition coefficient (Wildman–Crippen LogP) is 4.50. The standard InChI is InChI=1S/C33H47FN6O3S.C5H8O4/c1-23-21-38(33(4)12-16-37(17-13-33)32(41)30-24(2)35-22-36-25(30)3)18-19-40(23)31(27-6-5-7-28(34)20-27)26-10-14-39(15-11-26)44(42,43)29-8-9-29;6-4(7)2-1-3-5(8)9/h5-7,20,22-23,26,29,31H,8-19,21H2,1-4H3;1-3H2,(H,6,7)(H,8,9)/t23-,31+;/m1./s1. The minimum absolute atomic E-state index is 0.00866. The number of aliphatic carboxylic acids is 2. The highest BCUT2D eigenvalue weighted by molar-refractivity contribution is 7.90. The number of amides is 1. The lowest BCUT2D eigenvalue weighted by molar-refractivity contribution is -0.138. The number of likely N-dealkylation sites (tertiary alicyclic amines) is 1. The Bertz CT molecular complexity index is 1690. The summed E-state index contributed by atoms with van der Waals surface area (Å²) in [5, 5.41) is 15.9. The van der Waals surface area contributed by atoms with Crippen LogP contribution in [0.2, 0.25) is 0 Å². The van der Waals surface area contributed by atoms with Gasteiger partial charge in [-0.2, -0.15) is 0 Å².